The monoisotopic (exact) mass is 317 g/mol. The number of esters is 1. The molecule has 0 heterocycles. The van der Waals surface area contributed by atoms with E-state index in [2.05, 4.69) is 5.32 Å². The van der Waals surface area contributed by atoms with E-state index in [4.69, 9.17) is 9.47 Å². The third-order valence-electron chi connectivity index (χ3n) is 3.31. The number of carbonyl (C=O) groups excluding carboxylic acids is 2. The van der Waals surface area contributed by atoms with Crippen LogP contribution in [0.2, 0.25) is 0 Å². The SMILES string of the molecule is CC(C)(C)OC(=O)[C@@H]1C=C[C@@H](NC(=O)OCc2ccccc2)C1. The normalized spacial score (nSPS) is 20.1. The molecule has 0 aliphatic heterocycles. The predicted molar refractivity (Wildman–Crippen MR) is 86.6 cm³/mol. The second kappa shape index (κ2) is 7.31. The fourth-order valence-electron chi connectivity index (χ4n) is 2.27. The molecule has 1 N–H and O–H groups in total. The molecule has 2 rings (SSSR count). The van der Waals surface area contributed by atoms with Gasteiger partial charge < -0.3 is 14.8 Å². The van der Waals surface area contributed by atoms with Gasteiger partial charge in [-0.2, -0.15) is 0 Å². The molecule has 124 valence electrons. The maximum Gasteiger partial charge on any atom is 0.407 e. The summed E-state index contributed by atoms with van der Waals surface area (Å²) in [5.41, 5.74) is 0.418. The minimum Gasteiger partial charge on any atom is -0.460 e. The lowest BCUT2D eigenvalue weighted by molar-refractivity contribution is -0.158. The molecular weight excluding hydrogens is 294 g/mol. The van der Waals surface area contributed by atoms with Crippen molar-refractivity contribution in [2.45, 2.75) is 45.4 Å². The fourth-order valence-corrected chi connectivity index (χ4v) is 2.27. The van der Waals surface area contributed by atoms with Crippen LogP contribution in [0.1, 0.15) is 32.8 Å². The summed E-state index contributed by atoms with van der Waals surface area (Å²) in [6.07, 6.45) is 3.58. The lowest BCUT2D eigenvalue weighted by atomic mass is 10.1. The number of benzene rings is 1. The van der Waals surface area contributed by atoms with Crippen molar-refractivity contribution in [1.29, 1.82) is 0 Å². The second-order valence-electron chi connectivity index (χ2n) is 6.57. The van der Waals surface area contributed by atoms with E-state index in [0.29, 0.717) is 6.42 Å². The van der Waals surface area contributed by atoms with Gasteiger partial charge >= 0.3 is 12.1 Å². The Labute approximate surface area is 136 Å². The Balaban J connectivity index is 1.74. The first-order valence-electron chi connectivity index (χ1n) is 7.72. The van der Waals surface area contributed by atoms with Crippen molar-refractivity contribution in [3.63, 3.8) is 0 Å². The Morgan fingerprint density at radius 3 is 2.52 bits per heavy atom. The van der Waals surface area contributed by atoms with Crippen LogP contribution < -0.4 is 5.32 Å². The number of alkyl carbamates (subject to hydrolysis) is 1. The lowest BCUT2D eigenvalue weighted by Crippen LogP contribution is -2.34. The van der Waals surface area contributed by atoms with Crippen LogP contribution in [-0.4, -0.2) is 23.7 Å². The topological polar surface area (TPSA) is 64.6 Å². The lowest BCUT2D eigenvalue weighted by Gasteiger charge is -2.22. The third kappa shape index (κ3) is 5.77. The van der Waals surface area contributed by atoms with Crippen LogP contribution >= 0.6 is 0 Å². The summed E-state index contributed by atoms with van der Waals surface area (Å²) in [6, 6.07) is 9.26. The highest BCUT2D eigenvalue weighted by molar-refractivity contribution is 5.76. The molecule has 0 aromatic heterocycles. The van der Waals surface area contributed by atoms with E-state index in [1.54, 1.807) is 12.2 Å². The molecule has 0 radical (unpaired) electrons. The first-order valence-corrected chi connectivity index (χ1v) is 7.72. The minimum absolute atomic E-state index is 0.212. The van der Waals surface area contributed by atoms with Gasteiger partial charge in [-0.3, -0.25) is 4.79 Å². The van der Waals surface area contributed by atoms with Crippen LogP contribution in [0.15, 0.2) is 42.5 Å². The number of carbonyl (C=O) groups is 2. The van der Waals surface area contributed by atoms with E-state index in [9.17, 15) is 9.59 Å². The maximum atomic E-state index is 12.0. The van der Waals surface area contributed by atoms with Gasteiger partial charge in [0.1, 0.15) is 12.2 Å². The first kappa shape index (κ1) is 17.1. The Kier molecular flexibility index (Phi) is 5.42. The van der Waals surface area contributed by atoms with Crippen molar-refractivity contribution in [2.24, 2.45) is 5.92 Å². The van der Waals surface area contributed by atoms with Gasteiger partial charge in [0.2, 0.25) is 0 Å². The molecule has 1 aromatic rings. The molecule has 23 heavy (non-hydrogen) atoms. The largest absolute Gasteiger partial charge is 0.460 e. The van der Waals surface area contributed by atoms with Crippen LogP contribution in [0.4, 0.5) is 4.79 Å². The van der Waals surface area contributed by atoms with E-state index in [1.165, 1.54) is 0 Å². The molecule has 0 saturated carbocycles. The molecule has 2 atom stereocenters. The van der Waals surface area contributed by atoms with Gasteiger partial charge in [-0.1, -0.05) is 42.5 Å². The molecule has 1 amide bonds. The predicted octanol–water partition coefficient (Wildman–Crippen LogP) is 3.20. The quantitative estimate of drug-likeness (QED) is 0.684. The molecule has 1 aliphatic rings. The molecule has 0 fully saturated rings. The van der Waals surface area contributed by atoms with Crippen molar-refractivity contribution in [3.05, 3.63) is 48.0 Å². The summed E-state index contributed by atoms with van der Waals surface area (Å²) in [6.45, 7) is 5.72. The van der Waals surface area contributed by atoms with E-state index in [1.807, 2.05) is 51.1 Å². The van der Waals surface area contributed by atoms with Crippen LogP contribution in [0.25, 0.3) is 0 Å². The van der Waals surface area contributed by atoms with Crippen molar-refractivity contribution in [3.8, 4) is 0 Å². The first-order chi connectivity index (χ1) is 10.8. The van der Waals surface area contributed by atoms with Gasteiger partial charge in [-0.15, -0.1) is 0 Å². The zero-order chi connectivity index (χ0) is 16.9. The van der Waals surface area contributed by atoms with Gasteiger partial charge in [-0.25, -0.2) is 4.79 Å². The van der Waals surface area contributed by atoms with Crippen molar-refractivity contribution >= 4 is 12.1 Å². The number of hydrogen-bond donors (Lipinski definition) is 1. The van der Waals surface area contributed by atoms with Gasteiger partial charge in [0.25, 0.3) is 0 Å². The molecule has 5 heteroatoms. The van der Waals surface area contributed by atoms with Crippen LogP contribution in [0.5, 0.6) is 0 Å². The summed E-state index contributed by atoms with van der Waals surface area (Å²) in [7, 11) is 0. The fraction of sp³-hybridized carbons (Fsp3) is 0.444. The molecule has 0 spiro atoms. The number of ether oxygens (including phenoxy) is 2. The van der Waals surface area contributed by atoms with Crippen molar-refractivity contribution in [1.82, 2.24) is 5.32 Å². The summed E-state index contributed by atoms with van der Waals surface area (Å²) >= 11 is 0. The highest BCUT2D eigenvalue weighted by Gasteiger charge is 2.29. The standard InChI is InChI=1S/C18H23NO4/c1-18(2,3)23-16(20)14-9-10-15(11-14)19-17(21)22-12-13-7-5-4-6-8-13/h4-10,14-15H,11-12H2,1-3H3,(H,19,21)/t14-,15-/m1/s1. The van der Waals surface area contributed by atoms with Crippen LogP contribution in [-0.2, 0) is 20.9 Å². The number of hydrogen-bond acceptors (Lipinski definition) is 4. The maximum absolute atomic E-state index is 12.0. The van der Waals surface area contributed by atoms with Crippen molar-refractivity contribution in [2.75, 3.05) is 0 Å². The Bertz CT molecular complexity index is 574. The second-order valence-corrected chi connectivity index (χ2v) is 6.57. The van der Waals surface area contributed by atoms with Gasteiger partial charge in [0, 0.05) is 0 Å². The van der Waals surface area contributed by atoms with Gasteiger partial charge in [0.15, 0.2) is 0 Å². The summed E-state index contributed by atoms with van der Waals surface area (Å²) < 4.78 is 10.5. The van der Waals surface area contributed by atoms with E-state index in [0.717, 1.165) is 5.56 Å². The Morgan fingerprint density at radius 2 is 1.87 bits per heavy atom. The average Bonchev–Trinajstić information content (AvgIpc) is 2.93. The third-order valence-corrected chi connectivity index (χ3v) is 3.31. The number of nitrogens with one attached hydrogen (secondary N) is 1. The molecule has 0 saturated heterocycles. The Morgan fingerprint density at radius 1 is 1.17 bits per heavy atom. The smallest absolute Gasteiger partial charge is 0.407 e. The molecule has 0 bridgehead atoms. The molecule has 1 aliphatic carbocycles. The summed E-state index contributed by atoms with van der Waals surface area (Å²) in [4.78, 5) is 23.8. The average molecular weight is 317 g/mol. The molecular formula is C18H23NO4. The van der Waals surface area contributed by atoms with E-state index < -0.39 is 11.7 Å². The number of rotatable bonds is 4. The van der Waals surface area contributed by atoms with Crippen molar-refractivity contribution < 1.29 is 19.1 Å². The highest BCUT2D eigenvalue weighted by atomic mass is 16.6. The highest BCUT2D eigenvalue weighted by Crippen LogP contribution is 2.22. The zero-order valence-corrected chi connectivity index (χ0v) is 13.7. The number of amides is 1. The summed E-state index contributed by atoms with van der Waals surface area (Å²) in [5.74, 6) is -0.593. The zero-order valence-electron chi connectivity index (χ0n) is 13.7. The van der Waals surface area contributed by atoms with E-state index in [-0.39, 0.29) is 24.5 Å². The molecule has 0 unspecified atom stereocenters. The van der Waals surface area contributed by atoms with E-state index >= 15 is 0 Å². The summed E-state index contributed by atoms with van der Waals surface area (Å²) in [5, 5.41) is 2.74. The molecule has 1 aromatic carbocycles. The minimum atomic E-state index is -0.509. The Hall–Kier alpha value is -2.30. The van der Waals surface area contributed by atoms with Gasteiger partial charge in [-0.05, 0) is 32.8 Å². The van der Waals surface area contributed by atoms with Gasteiger partial charge in [0.05, 0.1) is 12.0 Å². The van der Waals surface area contributed by atoms with Crippen LogP contribution in [0.3, 0.4) is 0 Å². The van der Waals surface area contributed by atoms with Crippen LogP contribution in [0, 0.1) is 5.92 Å². The molecule has 5 nitrogen and oxygen atoms in total.